The highest BCUT2D eigenvalue weighted by molar-refractivity contribution is 5.98. The van der Waals surface area contributed by atoms with Gasteiger partial charge in [0.05, 0.1) is 29.8 Å². The van der Waals surface area contributed by atoms with E-state index in [0.29, 0.717) is 44.6 Å². The zero-order valence-electron chi connectivity index (χ0n) is 17.8. The molecule has 9 nitrogen and oxygen atoms in total. The standard InChI is InChI=1S/C23H26N4O5/c24-26-25-19(28)15-4-3-14-11-16-22(29)5-6-23(30-9-10-31-23)20-21(22,17(14)18(15)32-20)7-8-27(16)12-13-1-2-13/h3-4,13,16,20,29H,1-2,5-12H2/t16-,20-,21+,22-/m1/s1. The van der Waals surface area contributed by atoms with E-state index >= 15 is 0 Å². The third-order valence-electron chi connectivity index (χ3n) is 8.93. The summed E-state index contributed by atoms with van der Waals surface area (Å²) in [6.07, 6.45) is 4.54. The van der Waals surface area contributed by atoms with Crippen LogP contribution in [0.5, 0.6) is 5.75 Å². The highest BCUT2D eigenvalue weighted by Gasteiger charge is 2.77. The van der Waals surface area contributed by atoms with E-state index in [1.165, 1.54) is 12.8 Å². The molecule has 32 heavy (non-hydrogen) atoms. The second-order valence-electron chi connectivity index (χ2n) is 10.3. The molecule has 1 amide bonds. The Bertz CT molecular complexity index is 1080. The minimum absolute atomic E-state index is 0.00108. The van der Waals surface area contributed by atoms with E-state index in [9.17, 15) is 9.90 Å². The first kappa shape index (κ1) is 19.3. The van der Waals surface area contributed by atoms with Crippen LogP contribution in [-0.4, -0.2) is 65.8 Å². The van der Waals surface area contributed by atoms with E-state index in [2.05, 4.69) is 14.9 Å². The highest BCUT2D eigenvalue weighted by Crippen LogP contribution is 2.67. The Kier molecular flexibility index (Phi) is 3.77. The average molecular weight is 438 g/mol. The summed E-state index contributed by atoms with van der Waals surface area (Å²) in [6.45, 7) is 2.87. The van der Waals surface area contributed by atoms with Crippen molar-refractivity contribution in [1.29, 1.82) is 0 Å². The number of nitrogens with zero attached hydrogens (tertiary/aromatic N) is 4. The second-order valence-corrected chi connectivity index (χ2v) is 10.3. The number of rotatable bonds is 3. The van der Waals surface area contributed by atoms with Crippen molar-refractivity contribution in [2.45, 2.75) is 67.5 Å². The molecule has 0 radical (unpaired) electrons. The Labute approximate surface area is 185 Å². The quantitative estimate of drug-likeness (QED) is 0.440. The highest BCUT2D eigenvalue weighted by atomic mass is 16.8. The first-order chi connectivity index (χ1) is 15.5. The topological polar surface area (TPSA) is 117 Å². The van der Waals surface area contributed by atoms with E-state index in [1.54, 1.807) is 6.07 Å². The summed E-state index contributed by atoms with van der Waals surface area (Å²) in [6, 6.07) is 3.66. The molecule has 7 rings (SSSR count). The first-order valence-electron chi connectivity index (χ1n) is 11.7. The molecule has 3 heterocycles. The third-order valence-corrected chi connectivity index (χ3v) is 8.93. The van der Waals surface area contributed by atoms with Crippen LogP contribution in [0.15, 0.2) is 17.2 Å². The molecule has 4 fully saturated rings. The van der Waals surface area contributed by atoms with Crippen LogP contribution in [0.3, 0.4) is 0 Å². The summed E-state index contributed by atoms with van der Waals surface area (Å²) in [7, 11) is 0. The molecule has 3 aliphatic carbocycles. The number of aliphatic hydroxyl groups is 1. The molecule has 168 valence electrons. The van der Waals surface area contributed by atoms with E-state index in [1.807, 2.05) is 6.07 Å². The molecule has 0 aromatic heterocycles. The van der Waals surface area contributed by atoms with Gasteiger partial charge in [0.1, 0.15) is 5.75 Å². The Morgan fingerprint density at radius 1 is 1.25 bits per heavy atom. The molecular weight excluding hydrogens is 412 g/mol. The van der Waals surface area contributed by atoms with Crippen LogP contribution in [0.2, 0.25) is 0 Å². The lowest BCUT2D eigenvalue weighted by Crippen LogP contribution is -2.79. The minimum Gasteiger partial charge on any atom is -0.483 e. The Balaban J connectivity index is 1.45. The van der Waals surface area contributed by atoms with Crippen LogP contribution in [0.4, 0.5) is 0 Å². The zero-order chi connectivity index (χ0) is 21.7. The largest absolute Gasteiger partial charge is 0.483 e. The number of carbonyl (C=O) groups is 1. The summed E-state index contributed by atoms with van der Waals surface area (Å²) in [5.74, 6) is -0.417. The number of hydrogen-bond donors (Lipinski definition) is 1. The fourth-order valence-electron chi connectivity index (χ4n) is 7.48. The molecule has 2 saturated heterocycles. The lowest BCUT2D eigenvalue weighted by molar-refractivity contribution is -0.296. The van der Waals surface area contributed by atoms with Crippen molar-refractivity contribution < 1.29 is 24.1 Å². The summed E-state index contributed by atoms with van der Waals surface area (Å²) in [5.41, 5.74) is 9.38. The summed E-state index contributed by atoms with van der Waals surface area (Å²) in [4.78, 5) is 17.8. The number of piperidine rings is 1. The second kappa shape index (κ2) is 6.24. The molecule has 4 atom stereocenters. The molecular formula is C23H26N4O5. The number of fused-ring (bicyclic) bond motifs is 1. The average Bonchev–Trinajstić information content (AvgIpc) is 3.34. The number of likely N-dealkylation sites (tertiary alicyclic amines) is 1. The summed E-state index contributed by atoms with van der Waals surface area (Å²) in [5, 5.41) is 15.8. The predicted octanol–water partition coefficient (Wildman–Crippen LogP) is 2.44. The van der Waals surface area contributed by atoms with Crippen molar-refractivity contribution in [3.05, 3.63) is 39.3 Å². The molecule has 1 aromatic rings. The molecule has 2 saturated carbocycles. The van der Waals surface area contributed by atoms with Crippen molar-refractivity contribution >= 4 is 5.91 Å². The maximum atomic E-state index is 12.6. The van der Waals surface area contributed by atoms with Crippen molar-refractivity contribution in [2.24, 2.45) is 11.0 Å². The number of ether oxygens (including phenoxy) is 3. The minimum atomic E-state index is -0.996. The van der Waals surface area contributed by atoms with Crippen LogP contribution in [0.25, 0.3) is 10.4 Å². The van der Waals surface area contributed by atoms with Crippen LogP contribution < -0.4 is 4.74 Å². The molecule has 3 aliphatic heterocycles. The molecule has 1 N–H and O–H groups in total. The Morgan fingerprint density at radius 3 is 2.81 bits per heavy atom. The van der Waals surface area contributed by atoms with Gasteiger partial charge in [0.25, 0.3) is 5.91 Å². The molecule has 1 aromatic carbocycles. The van der Waals surface area contributed by atoms with Gasteiger partial charge >= 0.3 is 0 Å². The maximum Gasteiger partial charge on any atom is 0.252 e. The van der Waals surface area contributed by atoms with Gasteiger partial charge in [-0.2, -0.15) is 0 Å². The number of azide groups is 1. The fraction of sp³-hybridized carbons (Fsp3) is 0.696. The lowest BCUT2D eigenvalue weighted by Gasteiger charge is -2.65. The monoisotopic (exact) mass is 438 g/mol. The normalized spacial score (nSPS) is 38.2. The van der Waals surface area contributed by atoms with Crippen LogP contribution in [-0.2, 0) is 21.3 Å². The molecule has 2 bridgehead atoms. The van der Waals surface area contributed by atoms with Gasteiger partial charge < -0.3 is 19.3 Å². The first-order valence-corrected chi connectivity index (χ1v) is 11.7. The van der Waals surface area contributed by atoms with Gasteiger partial charge in [-0.25, -0.2) is 0 Å². The molecule has 9 heteroatoms. The Morgan fingerprint density at radius 2 is 2.06 bits per heavy atom. The van der Waals surface area contributed by atoms with Crippen LogP contribution >= 0.6 is 0 Å². The van der Waals surface area contributed by atoms with E-state index < -0.39 is 28.8 Å². The van der Waals surface area contributed by atoms with Crippen LogP contribution in [0, 0.1) is 5.92 Å². The van der Waals surface area contributed by atoms with Gasteiger partial charge in [0.2, 0.25) is 5.79 Å². The van der Waals surface area contributed by atoms with Gasteiger partial charge in [-0.3, -0.25) is 9.69 Å². The van der Waals surface area contributed by atoms with Gasteiger partial charge in [-0.05, 0) is 66.8 Å². The van der Waals surface area contributed by atoms with Crippen molar-refractivity contribution in [1.82, 2.24) is 4.90 Å². The molecule has 0 unspecified atom stereocenters. The van der Waals surface area contributed by atoms with E-state index in [-0.39, 0.29) is 11.6 Å². The van der Waals surface area contributed by atoms with Crippen molar-refractivity contribution in [2.75, 3.05) is 26.3 Å². The van der Waals surface area contributed by atoms with Gasteiger partial charge in [-0.1, -0.05) is 6.07 Å². The maximum absolute atomic E-state index is 12.6. The smallest absolute Gasteiger partial charge is 0.252 e. The van der Waals surface area contributed by atoms with Crippen LogP contribution in [0.1, 0.15) is 53.6 Å². The number of hydrogen-bond acceptors (Lipinski definition) is 6. The number of amides is 1. The lowest BCUT2D eigenvalue weighted by atomic mass is 9.48. The summed E-state index contributed by atoms with van der Waals surface area (Å²) < 4.78 is 18.9. The Hall–Kier alpha value is -2.16. The molecule has 2 spiro atoms. The van der Waals surface area contributed by atoms with Gasteiger partial charge in [-0.15, -0.1) is 0 Å². The zero-order valence-corrected chi connectivity index (χ0v) is 17.8. The third kappa shape index (κ3) is 2.18. The fourth-order valence-corrected chi connectivity index (χ4v) is 7.48. The van der Waals surface area contributed by atoms with E-state index in [4.69, 9.17) is 19.7 Å². The van der Waals surface area contributed by atoms with Crippen molar-refractivity contribution in [3.63, 3.8) is 0 Å². The SMILES string of the molecule is [N-]=[N+]=NC(=O)c1ccc2c3c1O[C@H]1C4(CC[C@@]5(O)[C@@H](C2)N(CC2CC2)CC[C@]315)OCCO4. The van der Waals surface area contributed by atoms with Crippen molar-refractivity contribution in [3.8, 4) is 5.75 Å². The predicted molar refractivity (Wildman–Crippen MR) is 111 cm³/mol. The number of carbonyl (C=O) groups excluding carboxylic acids is 1. The van der Waals surface area contributed by atoms with Gasteiger partial charge in [0, 0.05) is 29.5 Å². The van der Waals surface area contributed by atoms with E-state index in [0.717, 1.165) is 30.1 Å². The molecule has 6 aliphatic rings. The number of benzene rings is 1. The van der Waals surface area contributed by atoms with Gasteiger partial charge in [0.15, 0.2) is 6.10 Å². The summed E-state index contributed by atoms with van der Waals surface area (Å²) >= 11 is 0.